The standard InChI is InChI=1S/C22H28N6O3S/c1-3-31-19(29)6-4-5-7-23-18-12-17-20(32-18)22(28-8-10-30-11-9-28)27-21(26-17)16-13-24-15(2)25-14-16/h12-14,23H,3-11H2,1-2H3. The van der Waals surface area contributed by atoms with Gasteiger partial charge in [-0.2, -0.15) is 0 Å². The molecule has 0 bridgehead atoms. The van der Waals surface area contributed by atoms with Gasteiger partial charge in [-0.05, 0) is 32.8 Å². The van der Waals surface area contributed by atoms with Gasteiger partial charge in [-0.3, -0.25) is 4.79 Å². The van der Waals surface area contributed by atoms with Gasteiger partial charge in [0.15, 0.2) is 11.6 Å². The fraction of sp³-hybridized carbons (Fsp3) is 0.500. The first kappa shape index (κ1) is 22.3. The minimum atomic E-state index is -0.132. The number of fused-ring (bicyclic) bond motifs is 1. The van der Waals surface area contributed by atoms with Crippen molar-refractivity contribution in [1.29, 1.82) is 0 Å². The summed E-state index contributed by atoms with van der Waals surface area (Å²) in [5.41, 5.74) is 1.70. The summed E-state index contributed by atoms with van der Waals surface area (Å²) >= 11 is 1.65. The zero-order valence-corrected chi connectivity index (χ0v) is 19.3. The Balaban J connectivity index is 1.53. The van der Waals surface area contributed by atoms with E-state index in [1.807, 2.05) is 13.8 Å². The molecule has 3 aromatic heterocycles. The van der Waals surface area contributed by atoms with Crippen molar-refractivity contribution in [3.05, 3.63) is 24.3 Å². The van der Waals surface area contributed by atoms with Gasteiger partial charge in [0.1, 0.15) is 5.82 Å². The van der Waals surface area contributed by atoms with E-state index in [-0.39, 0.29) is 5.97 Å². The van der Waals surface area contributed by atoms with Crippen molar-refractivity contribution in [2.45, 2.75) is 33.1 Å². The Morgan fingerprint density at radius 1 is 1.22 bits per heavy atom. The van der Waals surface area contributed by atoms with Crippen LogP contribution in [0.2, 0.25) is 0 Å². The molecule has 0 saturated carbocycles. The topological polar surface area (TPSA) is 102 Å². The number of aromatic nitrogens is 4. The number of nitrogens with zero attached hydrogens (tertiary/aromatic N) is 5. The van der Waals surface area contributed by atoms with Crippen LogP contribution >= 0.6 is 11.3 Å². The molecule has 1 saturated heterocycles. The van der Waals surface area contributed by atoms with Crippen LogP contribution in [0, 0.1) is 6.92 Å². The summed E-state index contributed by atoms with van der Waals surface area (Å²) in [4.78, 5) is 32.0. The zero-order chi connectivity index (χ0) is 22.3. The molecule has 0 spiro atoms. The SMILES string of the molecule is CCOC(=O)CCCCNc1cc2nc(-c3cnc(C)nc3)nc(N3CCOCC3)c2s1. The molecule has 3 aromatic rings. The first-order valence-corrected chi connectivity index (χ1v) is 11.8. The Hall–Kier alpha value is -2.85. The largest absolute Gasteiger partial charge is 0.466 e. The fourth-order valence-corrected chi connectivity index (χ4v) is 4.51. The highest BCUT2D eigenvalue weighted by atomic mass is 32.1. The number of morpholine rings is 1. The lowest BCUT2D eigenvalue weighted by molar-refractivity contribution is -0.143. The van der Waals surface area contributed by atoms with Crippen LogP contribution in [0.25, 0.3) is 21.6 Å². The van der Waals surface area contributed by atoms with E-state index in [4.69, 9.17) is 19.4 Å². The molecule has 0 unspecified atom stereocenters. The second-order valence-corrected chi connectivity index (χ2v) is 8.56. The zero-order valence-electron chi connectivity index (χ0n) is 18.5. The van der Waals surface area contributed by atoms with E-state index in [0.29, 0.717) is 37.9 Å². The van der Waals surface area contributed by atoms with Gasteiger partial charge in [0.2, 0.25) is 0 Å². The van der Waals surface area contributed by atoms with Gasteiger partial charge < -0.3 is 19.7 Å². The molecule has 4 rings (SSSR count). The molecule has 1 aliphatic heterocycles. The minimum absolute atomic E-state index is 0.132. The number of nitrogens with one attached hydrogen (secondary N) is 1. The van der Waals surface area contributed by atoms with Crippen molar-refractivity contribution in [1.82, 2.24) is 19.9 Å². The summed E-state index contributed by atoms with van der Waals surface area (Å²) in [6.07, 6.45) is 5.67. The van der Waals surface area contributed by atoms with Crippen LogP contribution in [0.4, 0.5) is 10.8 Å². The number of carbonyl (C=O) groups is 1. The van der Waals surface area contributed by atoms with Crippen LogP contribution < -0.4 is 10.2 Å². The van der Waals surface area contributed by atoms with Crippen molar-refractivity contribution >= 4 is 38.3 Å². The lowest BCUT2D eigenvalue weighted by Gasteiger charge is -2.28. The Morgan fingerprint density at radius 3 is 2.75 bits per heavy atom. The summed E-state index contributed by atoms with van der Waals surface area (Å²) in [7, 11) is 0. The summed E-state index contributed by atoms with van der Waals surface area (Å²) < 4.78 is 11.6. The van der Waals surface area contributed by atoms with E-state index in [2.05, 4.69) is 26.3 Å². The summed E-state index contributed by atoms with van der Waals surface area (Å²) in [5.74, 6) is 2.13. The molecular weight excluding hydrogens is 428 g/mol. The van der Waals surface area contributed by atoms with E-state index in [0.717, 1.165) is 59.1 Å². The Labute approximate surface area is 191 Å². The normalized spacial score (nSPS) is 14.0. The van der Waals surface area contributed by atoms with E-state index in [9.17, 15) is 4.79 Å². The second kappa shape index (κ2) is 10.6. The molecule has 32 heavy (non-hydrogen) atoms. The van der Waals surface area contributed by atoms with Gasteiger partial charge in [0.25, 0.3) is 0 Å². The molecule has 0 aliphatic carbocycles. The molecule has 1 aliphatic rings. The fourth-order valence-electron chi connectivity index (χ4n) is 3.47. The summed E-state index contributed by atoms with van der Waals surface area (Å²) in [6, 6.07) is 2.07. The van der Waals surface area contributed by atoms with Gasteiger partial charge in [-0.25, -0.2) is 19.9 Å². The number of anilines is 2. The van der Waals surface area contributed by atoms with Crippen LogP contribution in [-0.2, 0) is 14.3 Å². The van der Waals surface area contributed by atoms with Gasteiger partial charge in [-0.1, -0.05) is 0 Å². The second-order valence-electron chi connectivity index (χ2n) is 7.50. The van der Waals surface area contributed by atoms with Crippen LogP contribution in [0.3, 0.4) is 0 Å². The number of unbranched alkanes of at least 4 members (excludes halogenated alkanes) is 1. The monoisotopic (exact) mass is 456 g/mol. The van der Waals surface area contributed by atoms with Crippen molar-refractivity contribution in [2.24, 2.45) is 0 Å². The number of aryl methyl sites for hydroxylation is 1. The Morgan fingerprint density at radius 2 is 2.00 bits per heavy atom. The summed E-state index contributed by atoms with van der Waals surface area (Å²) in [6.45, 7) is 7.86. The highest BCUT2D eigenvalue weighted by Crippen LogP contribution is 2.36. The first-order chi connectivity index (χ1) is 15.6. The van der Waals surface area contributed by atoms with Gasteiger partial charge in [-0.15, -0.1) is 11.3 Å². The van der Waals surface area contributed by atoms with Crippen LogP contribution in [-0.4, -0.2) is 65.4 Å². The molecule has 170 valence electrons. The molecule has 0 atom stereocenters. The number of ether oxygens (including phenoxy) is 2. The highest BCUT2D eigenvalue weighted by Gasteiger charge is 2.20. The van der Waals surface area contributed by atoms with Gasteiger partial charge >= 0.3 is 5.97 Å². The molecule has 1 N–H and O–H groups in total. The molecule has 0 aromatic carbocycles. The molecule has 9 nitrogen and oxygen atoms in total. The van der Waals surface area contributed by atoms with Crippen molar-refractivity contribution in [3.63, 3.8) is 0 Å². The van der Waals surface area contributed by atoms with Crippen molar-refractivity contribution < 1.29 is 14.3 Å². The van der Waals surface area contributed by atoms with E-state index in [1.165, 1.54) is 0 Å². The maximum absolute atomic E-state index is 11.5. The number of hydrogen-bond donors (Lipinski definition) is 1. The predicted octanol–water partition coefficient (Wildman–Crippen LogP) is 3.44. The molecule has 0 radical (unpaired) electrons. The third-order valence-corrected chi connectivity index (χ3v) is 6.19. The van der Waals surface area contributed by atoms with E-state index in [1.54, 1.807) is 23.7 Å². The Bertz CT molecular complexity index is 1050. The van der Waals surface area contributed by atoms with Gasteiger partial charge in [0.05, 0.1) is 40.6 Å². The maximum Gasteiger partial charge on any atom is 0.305 e. The Kier molecular flexibility index (Phi) is 7.43. The molecular formula is C22H28N6O3S. The van der Waals surface area contributed by atoms with Crippen LogP contribution in [0.5, 0.6) is 0 Å². The maximum atomic E-state index is 11.5. The van der Waals surface area contributed by atoms with Crippen LogP contribution in [0.1, 0.15) is 32.0 Å². The smallest absolute Gasteiger partial charge is 0.305 e. The summed E-state index contributed by atoms with van der Waals surface area (Å²) in [5, 5.41) is 4.51. The van der Waals surface area contributed by atoms with E-state index >= 15 is 0 Å². The minimum Gasteiger partial charge on any atom is -0.466 e. The predicted molar refractivity (Wildman–Crippen MR) is 125 cm³/mol. The number of rotatable bonds is 9. The van der Waals surface area contributed by atoms with Crippen molar-refractivity contribution in [2.75, 3.05) is 49.7 Å². The van der Waals surface area contributed by atoms with E-state index < -0.39 is 0 Å². The molecule has 4 heterocycles. The average Bonchev–Trinajstić information content (AvgIpc) is 3.22. The lowest BCUT2D eigenvalue weighted by Crippen LogP contribution is -2.36. The third-order valence-electron chi connectivity index (χ3n) is 5.12. The quantitative estimate of drug-likeness (QED) is 0.383. The number of hydrogen-bond acceptors (Lipinski definition) is 10. The first-order valence-electron chi connectivity index (χ1n) is 11.0. The van der Waals surface area contributed by atoms with Crippen molar-refractivity contribution in [3.8, 4) is 11.4 Å². The average molecular weight is 457 g/mol. The number of thiophene rings is 1. The third kappa shape index (κ3) is 5.49. The molecule has 0 amide bonds. The molecule has 10 heteroatoms. The van der Waals surface area contributed by atoms with Crippen LogP contribution in [0.15, 0.2) is 18.5 Å². The lowest BCUT2D eigenvalue weighted by atomic mass is 10.2. The van der Waals surface area contributed by atoms with Gasteiger partial charge in [0, 0.05) is 38.4 Å². The number of carbonyl (C=O) groups excluding carboxylic acids is 1. The number of esters is 1. The molecule has 1 fully saturated rings. The highest BCUT2D eigenvalue weighted by molar-refractivity contribution is 7.23.